The number of amides is 1. The van der Waals surface area contributed by atoms with E-state index in [-0.39, 0.29) is 17.1 Å². The lowest BCUT2D eigenvalue weighted by atomic mass is 10.2. The van der Waals surface area contributed by atoms with Crippen LogP contribution in [0.3, 0.4) is 0 Å². The number of fused-ring (bicyclic) bond motifs is 1. The number of anilines is 2. The number of nitrogens with one attached hydrogen (secondary N) is 1. The Labute approximate surface area is 172 Å². The topological polar surface area (TPSA) is 103 Å². The van der Waals surface area contributed by atoms with E-state index < -0.39 is 17.3 Å². The number of carbonyl (C=O) groups excluding carboxylic acids is 1. The van der Waals surface area contributed by atoms with Crippen molar-refractivity contribution in [1.29, 1.82) is 0 Å². The minimum atomic E-state index is -0.695. The molecule has 0 aliphatic carbocycles. The highest BCUT2D eigenvalue weighted by Gasteiger charge is 2.22. The molecule has 1 fully saturated rings. The summed E-state index contributed by atoms with van der Waals surface area (Å²) in [5, 5.41) is 2.88. The highest BCUT2D eigenvalue weighted by atomic mass is 16.5. The summed E-state index contributed by atoms with van der Waals surface area (Å²) in [4.78, 5) is 43.9. The number of ether oxygens (including phenoxy) is 1. The van der Waals surface area contributed by atoms with Crippen molar-refractivity contribution < 1.29 is 9.53 Å². The Bertz CT molecular complexity index is 1200. The molecule has 0 spiro atoms. The Hall–Kier alpha value is -3.40. The summed E-state index contributed by atoms with van der Waals surface area (Å²) in [6, 6.07) is 6.93. The molecule has 4 rings (SSSR count). The zero-order valence-corrected chi connectivity index (χ0v) is 17.2. The van der Waals surface area contributed by atoms with Gasteiger partial charge in [-0.15, -0.1) is 0 Å². The predicted molar refractivity (Wildman–Crippen MR) is 113 cm³/mol. The van der Waals surface area contributed by atoms with Gasteiger partial charge in [0.05, 0.1) is 19.5 Å². The van der Waals surface area contributed by atoms with Crippen LogP contribution in [0.2, 0.25) is 0 Å². The maximum Gasteiger partial charge on any atom is 0.332 e. The first-order chi connectivity index (χ1) is 14.4. The quantitative estimate of drug-likeness (QED) is 0.668. The highest BCUT2D eigenvalue weighted by molar-refractivity contribution is 5.94. The fourth-order valence-electron chi connectivity index (χ4n) is 3.61. The molecule has 3 heterocycles. The van der Waals surface area contributed by atoms with Crippen LogP contribution in [0.4, 0.5) is 11.4 Å². The van der Waals surface area contributed by atoms with Crippen LogP contribution in [0.5, 0.6) is 0 Å². The second kappa shape index (κ2) is 7.79. The van der Waals surface area contributed by atoms with Crippen molar-refractivity contribution in [3.63, 3.8) is 0 Å². The van der Waals surface area contributed by atoms with Crippen molar-refractivity contribution in [2.75, 3.05) is 36.5 Å². The van der Waals surface area contributed by atoms with Crippen LogP contribution in [0, 0.1) is 0 Å². The molecule has 1 atom stereocenters. The molecular formula is C20H24N6O4. The maximum atomic E-state index is 12.8. The third-order valence-corrected chi connectivity index (χ3v) is 5.48. The Morgan fingerprint density at radius 3 is 2.43 bits per heavy atom. The van der Waals surface area contributed by atoms with E-state index in [1.54, 1.807) is 14.0 Å². The molecule has 0 saturated carbocycles. The van der Waals surface area contributed by atoms with Crippen LogP contribution in [-0.4, -0.2) is 50.9 Å². The maximum absolute atomic E-state index is 12.8. The van der Waals surface area contributed by atoms with Gasteiger partial charge in [0.1, 0.15) is 6.04 Å². The summed E-state index contributed by atoms with van der Waals surface area (Å²) in [6.45, 7) is 4.78. The van der Waals surface area contributed by atoms with E-state index >= 15 is 0 Å². The van der Waals surface area contributed by atoms with Crippen LogP contribution < -0.4 is 21.5 Å². The molecule has 3 aromatic rings. The Kier molecular flexibility index (Phi) is 5.17. The van der Waals surface area contributed by atoms with Gasteiger partial charge in [-0.05, 0) is 31.2 Å². The summed E-state index contributed by atoms with van der Waals surface area (Å²) in [7, 11) is 2.95. The lowest BCUT2D eigenvalue weighted by Crippen LogP contribution is -2.38. The number of rotatable bonds is 4. The first-order valence-electron chi connectivity index (χ1n) is 9.74. The summed E-state index contributed by atoms with van der Waals surface area (Å²) >= 11 is 0. The van der Waals surface area contributed by atoms with Crippen LogP contribution in [0.15, 0.2) is 40.2 Å². The van der Waals surface area contributed by atoms with E-state index in [2.05, 4.69) is 15.2 Å². The van der Waals surface area contributed by atoms with Gasteiger partial charge in [0.25, 0.3) is 5.56 Å². The van der Waals surface area contributed by atoms with Crippen LogP contribution >= 0.6 is 0 Å². The summed E-state index contributed by atoms with van der Waals surface area (Å²) in [6.07, 6.45) is 1.41. The van der Waals surface area contributed by atoms with E-state index in [4.69, 9.17) is 4.74 Å². The number of hydrogen-bond donors (Lipinski definition) is 1. The van der Waals surface area contributed by atoms with Crippen LogP contribution in [0.25, 0.3) is 11.2 Å². The van der Waals surface area contributed by atoms with Gasteiger partial charge >= 0.3 is 5.69 Å². The largest absolute Gasteiger partial charge is 0.378 e. The lowest BCUT2D eigenvalue weighted by molar-refractivity contribution is -0.118. The van der Waals surface area contributed by atoms with Gasteiger partial charge in [-0.25, -0.2) is 9.78 Å². The molecular weight excluding hydrogens is 388 g/mol. The third-order valence-electron chi connectivity index (χ3n) is 5.48. The van der Waals surface area contributed by atoms with Gasteiger partial charge in [-0.1, -0.05) is 0 Å². The van der Waals surface area contributed by atoms with Crippen molar-refractivity contribution in [2.45, 2.75) is 13.0 Å². The van der Waals surface area contributed by atoms with Gasteiger partial charge < -0.3 is 19.5 Å². The number of aromatic nitrogens is 4. The van der Waals surface area contributed by atoms with Crippen LogP contribution in [0.1, 0.15) is 13.0 Å². The molecule has 158 valence electrons. The molecule has 1 saturated heterocycles. The second-order valence-electron chi connectivity index (χ2n) is 7.34. The third kappa shape index (κ3) is 3.39. The molecule has 10 heteroatoms. The zero-order chi connectivity index (χ0) is 21.4. The van der Waals surface area contributed by atoms with Gasteiger partial charge in [-0.3, -0.25) is 18.7 Å². The molecule has 10 nitrogen and oxygen atoms in total. The predicted octanol–water partition coefficient (Wildman–Crippen LogP) is 0.470. The number of morpholine rings is 1. The number of benzene rings is 1. The van der Waals surface area contributed by atoms with E-state index in [0.29, 0.717) is 18.9 Å². The molecule has 1 aromatic carbocycles. The zero-order valence-electron chi connectivity index (χ0n) is 17.2. The van der Waals surface area contributed by atoms with E-state index in [9.17, 15) is 14.4 Å². The van der Waals surface area contributed by atoms with Gasteiger partial charge in [0, 0.05) is 38.6 Å². The number of imidazole rings is 1. The van der Waals surface area contributed by atoms with E-state index in [1.165, 1.54) is 22.5 Å². The fourth-order valence-corrected chi connectivity index (χ4v) is 3.61. The summed E-state index contributed by atoms with van der Waals surface area (Å²) in [5.41, 5.74) is 1.25. The molecule has 1 amide bonds. The average molecular weight is 412 g/mol. The van der Waals surface area contributed by atoms with Crippen molar-refractivity contribution >= 4 is 28.4 Å². The van der Waals surface area contributed by atoms with Crippen molar-refractivity contribution in [3.8, 4) is 0 Å². The minimum absolute atomic E-state index is 0.213. The molecule has 1 unspecified atom stereocenters. The molecule has 1 aliphatic heterocycles. The SMILES string of the molecule is CC(C(=O)Nc1ccc(N2CCOCC2)cc1)n1cnc2c1c(=O)n(C)c(=O)n2C. The number of nitrogens with zero attached hydrogens (tertiary/aromatic N) is 5. The number of carbonyl (C=O) groups is 1. The normalized spacial score (nSPS) is 15.4. The monoisotopic (exact) mass is 412 g/mol. The Morgan fingerprint density at radius 2 is 1.77 bits per heavy atom. The van der Waals surface area contributed by atoms with Crippen molar-refractivity contribution in [2.24, 2.45) is 14.1 Å². The van der Waals surface area contributed by atoms with Crippen LogP contribution in [-0.2, 0) is 23.6 Å². The Morgan fingerprint density at radius 1 is 1.10 bits per heavy atom. The average Bonchev–Trinajstić information content (AvgIpc) is 3.22. The Balaban J connectivity index is 1.56. The summed E-state index contributed by atoms with van der Waals surface area (Å²) in [5.74, 6) is -0.288. The molecule has 0 bridgehead atoms. The highest BCUT2D eigenvalue weighted by Crippen LogP contribution is 2.21. The second-order valence-corrected chi connectivity index (χ2v) is 7.34. The fraction of sp³-hybridized carbons (Fsp3) is 0.400. The van der Waals surface area contributed by atoms with E-state index in [1.807, 2.05) is 24.3 Å². The molecule has 30 heavy (non-hydrogen) atoms. The molecule has 0 radical (unpaired) electrons. The van der Waals surface area contributed by atoms with Crippen molar-refractivity contribution in [1.82, 2.24) is 18.7 Å². The van der Waals surface area contributed by atoms with Crippen molar-refractivity contribution in [3.05, 3.63) is 51.4 Å². The number of aryl methyl sites for hydroxylation is 1. The first kappa shape index (κ1) is 19.9. The standard InChI is InChI=1S/C20H24N6O4/c1-13(26-12-21-17-16(26)19(28)24(3)20(29)23(17)2)18(27)22-14-4-6-15(7-5-14)25-8-10-30-11-9-25/h4-7,12-13H,8-11H2,1-3H3,(H,22,27). The van der Waals surface area contributed by atoms with E-state index in [0.717, 1.165) is 23.3 Å². The first-order valence-corrected chi connectivity index (χ1v) is 9.74. The smallest absolute Gasteiger partial charge is 0.332 e. The van der Waals surface area contributed by atoms with Gasteiger partial charge in [0.15, 0.2) is 11.2 Å². The van der Waals surface area contributed by atoms with Gasteiger partial charge in [0.2, 0.25) is 5.91 Å². The molecule has 1 aliphatic rings. The van der Waals surface area contributed by atoms with Gasteiger partial charge in [-0.2, -0.15) is 0 Å². The minimum Gasteiger partial charge on any atom is -0.378 e. The molecule has 1 N–H and O–H groups in total. The number of hydrogen-bond acceptors (Lipinski definition) is 6. The summed E-state index contributed by atoms with van der Waals surface area (Å²) < 4.78 is 9.17. The molecule has 2 aromatic heterocycles. The lowest BCUT2D eigenvalue weighted by Gasteiger charge is -2.29.